The first-order valence-electron chi connectivity index (χ1n) is 5.63. The number of rotatable bonds is 2. The summed E-state index contributed by atoms with van der Waals surface area (Å²) in [6.07, 6.45) is 5.07. The fourth-order valence-corrected chi connectivity index (χ4v) is 1.80. The second-order valence-corrected chi connectivity index (χ2v) is 3.85. The molecule has 3 heterocycles. The van der Waals surface area contributed by atoms with Crippen molar-refractivity contribution < 1.29 is 9.53 Å². The van der Waals surface area contributed by atoms with Gasteiger partial charge in [0.25, 0.3) is 0 Å². The zero-order chi connectivity index (χ0) is 13.2. The van der Waals surface area contributed by atoms with E-state index in [2.05, 4.69) is 15.1 Å². The van der Waals surface area contributed by atoms with E-state index in [1.807, 2.05) is 12.1 Å². The van der Waals surface area contributed by atoms with E-state index in [1.165, 1.54) is 7.11 Å². The lowest BCUT2D eigenvalue weighted by atomic mass is 10.2. The van der Waals surface area contributed by atoms with Crippen molar-refractivity contribution in [3.63, 3.8) is 0 Å². The first-order valence-corrected chi connectivity index (χ1v) is 5.63. The lowest BCUT2D eigenvalue weighted by Crippen LogP contribution is -2.04. The molecule has 0 atom stereocenters. The predicted molar refractivity (Wildman–Crippen MR) is 67.6 cm³/mol. The van der Waals surface area contributed by atoms with Crippen LogP contribution >= 0.6 is 0 Å². The van der Waals surface area contributed by atoms with Crippen molar-refractivity contribution in [2.24, 2.45) is 0 Å². The van der Waals surface area contributed by atoms with Crippen LogP contribution in [-0.2, 0) is 4.74 Å². The van der Waals surface area contributed by atoms with E-state index in [1.54, 1.807) is 35.2 Å². The fraction of sp³-hybridized carbons (Fsp3) is 0.0769. The maximum absolute atomic E-state index is 11.7. The second-order valence-electron chi connectivity index (χ2n) is 3.85. The van der Waals surface area contributed by atoms with Gasteiger partial charge in [0.2, 0.25) is 0 Å². The van der Waals surface area contributed by atoms with E-state index in [0.29, 0.717) is 17.0 Å². The number of esters is 1. The standard InChI is InChI=1S/C13H10N4O2/c1-19-13(18)10-3-2-8-17-12(10)15-11(16-17)9-4-6-14-7-5-9/h2-8H,1H3. The van der Waals surface area contributed by atoms with Gasteiger partial charge in [0, 0.05) is 24.2 Å². The summed E-state index contributed by atoms with van der Waals surface area (Å²) in [7, 11) is 1.34. The number of aromatic nitrogens is 4. The molecule has 0 aliphatic heterocycles. The highest BCUT2D eigenvalue weighted by Crippen LogP contribution is 2.17. The molecule has 6 nitrogen and oxygen atoms in total. The molecule has 0 aromatic carbocycles. The Labute approximate surface area is 108 Å². The van der Waals surface area contributed by atoms with E-state index in [9.17, 15) is 4.79 Å². The van der Waals surface area contributed by atoms with Crippen LogP contribution in [0.25, 0.3) is 17.0 Å². The van der Waals surface area contributed by atoms with Gasteiger partial charge in [-0.25, -0.2) is 14.3 Å². The van der Waals surface area contributed by atoms with Crippen LogP contribution in [0.1, 0.15) is 10.4 Å². The molecule has 94 valence electrons. The van der Waals surface area contributed by atoms with Crippen LogP contribution in [0.2, 0.25) is 0 Å². The molecule has 3 aromatic rings. The van der Waals surface area contributed by atoms with Crippen molar-refractivity contribution in [3.8, 4) is 11.4 Å². The molecule has 6 heteroatoms. The maximum atomic E-state index is 11.7. The Balaban J connectivity index is 2.19. The largest absolute Gasteiger partial charge is 0.465 e. The van der Waals surface area contributed by atoms with Gasteiger partial charge in [-0.1, -0.05) is 0 Å². The molecule has 3 aromatic heterocycles. The van der Waals surface area contributed by atoms with Crippen molar-refractivity contribution >= 4 is 11.6 Å². The van der Waals surface area contributed by atoms with Crippen LogP contribution in [0.3, 0.4) is 0 Å². The first kappa shape index (κ1) is 11.3. The molecule has 0 N–H and O–H groups in total. The number of carbonyl (C=O) groups is 1. The van der Waals surface area contributed by atoms with Crippen molar-refractivity contribution in [2.45, 2.75) is 0 Å². The van der Waals surface area contributed by atoms with Crippen LogP contribution < -0.4 is 0 Å². The lowest BCUT2D eigenvalue weighted by molar-refractivity contribution is 0.0602. The molecule has 0 saturated heterocycles. The van der Waals surface area contributed by atoms with Crippen molar-refractivity contribution in [1.29, 1.82) is 0 Å². The fourth-order valence-electron chi connectivity index (χ4n) is 1.80. The third kappa shape index (κ3) is 1.93. The Kier molecular flexibility index (Phi) is 2.68. The summed E-state index contributed by atoms with van der Waals surface area (Å²) in [5, 5.41) is 4.33. The zero-order valence-electron chi connectivity index (χ0n) is 10.1. The molecule has 3 rings (SSSR count). The average Bonchev–Trinajstić information content (AvgIpc) is 2.91. The number of hydrogen-bond donors (Lipinski definition) is 0. The first-order chi connectivity index (χ1) is 9.29. The van der Waals surface area contributed by atoms with E-state index >= 15 is 0 Å². The Morgan fingerprint density at radius 2 is 2.05 bits per heavy atom. The van der Waals surface area contributed by atoms with Crippen molar-refractivity contribution in [3.05, 3.63) is 48.4 Å². The van der Waals surface area contributed by atoms with Gasteiger partial charge >= 0.3 is 5.97 Å². The van der Waals surface area contributed by atoms with E-state index in [4.69, 9.17) is 4.74 Å². The summed E-state index contributed by atoms with van der Waals surface area (Å²) in [6, 6.07) is 7.01. The van der Waals surface area contributed by atoms with E-state index < -0.39 is 5.97 Å². The Bertz CT molecular complexity index is 737. The van der Waals surface area contributed by atoms with Crippen LogP contribution in [-0.4, -0.2) is 32.7 Å². The molecule has 0 amide bonds. The minimum atomic E-state index is -0.431. The molecule has 0 spiro atoms. The van der Waals surface area contributed by atoms with Crippen molar-refractivity contribution in [1.82, 2.24) is 19.6 Å². The predicted octanol–water partition coefficient (Wildman–Crippen LogP) is 1.58. The molecule has 0 bridgehead atoms. The van der Waals surface area contributed by atoms with Gasteiger partial charge in [-0.05, 0) is 24.3 Å². The molecule has 19 heavy (non-hydrogen) atoms. The van der Waals surface area contributed by atoms with Crippen LogP contribution in [0, 0.1) is 0 Å². The molecule has 0 fully saturated rings. The SMILES string of the molecule is COC(=O)c1cccn2nc(-c3ccncc3)nc12. The van der Waals surface area contributed by atoms with Gasteiger partial charge < -0.3 is 4.74 Å². The monoisotopic (exact) mass is 254 g/mol. The number of carbonyl (C=O) groups excluding carboxylic acids is 1. The lowest BCUT2D eigenvalue weighted by Gasteiger charge is -1.99. The molecule has 0 saturated carbocycles. The normalized spacial score (nSPS) is 10.6. The summed E-state index contributed by atoms with van der Waals surface area (Å²) in [5.74, 6) is 0.109. The molecule has 0 unspecified atom stereocenters. The third-order valence-corrected chi connectivity index (χ3v) is 2.71. The molecular weight excluding hydrogens is 244 g/mol. The minimum Gasteiger partial charge on any atom is -0.465 e. The van der Waals surface area contributed by atoms with Crippen LogP contribution in [0.15, 0.2) is 42.9 Å². The zero-order valence-corrected chi connectivity index (χ0v) is 10.1. The maximum Gasteiger partial charge on any atom is 0.341 e. The smallest absolute Gasteiger partial charge is 0.341 e. The van der Waals surface area contributed by atoms with Crippen LogP contribution in [0.4, 0.5) is 0 Å². The number of nitrogens with zero attached hydrogens (tertiary/aromatic N) is 4. The Morgan fingerprint density at radius 1 is 1.26 bits per heavy atom. The van der Waals surface area contributed by atoms with Gasteiger partial charge in [-0.2, -0.15) is 0 Å². The molecular formula is C13H10N4O2. The number of ether oxygens (including phenoxy) is 1. The van der Waals surface area contributed by atoms with Gasteiger partial charge in [0.1, 0.15) is 5.56 Å². The van der Waals surface area contributed by atoms with Gasteiger partial charge in [-0.15, -0.1) is 5.10 Å². The quantitative estimate of drug-likeness (QED) is 0.649. The number of pyridine rings is 2. The highest BCUT2D eigenvalue weighted by molar-refractivity contribution is 5.95. The Hall–Kier alpha value is -2.76. The van der Waals surface area contributed by atoms with Gasteiger partial charge in [-0.3, -0.25) is 4.98 Å². The van der Waals surface area contributed by atoms with Crippen LogP contribution in [0.5, 0.6) is 0 Å². The topological polar surface area (TPSA) is 69.4 Å². The summed E-state index contributed by atoms with van der Waals surface area (Å²) in [5.41, 5.74) is 1.70. The average molecular weight is 254 g/mol. The molecule has 0 aliphatic carbocycles. The number of fused-ring (bicyclic) bond motifs is 1. The third-order valence-electron chi connectivity index (χ3n) is 2.71. The van der Waals surface area contributed by atoms with Crippen molar-refractivity contribution in [2.75, 3.05) is 7.11 Å². The summed E-state index contributed by atoms with van der Waals surface area (Å²) in [4.78, 5) is 20.0. The summed E-state index contributed by atoms with van der Waals surface area (Å²) >= 11 is 0. The number of hydrogen-bond acceptors (Lipinski definition) is 5. The van der Waals surface area contributed by atoms with E-state index in [-0.39, 0.29) is 0 Å². The summed E-state index contributed by atoms with van der Waals surface area (Å²) in [6.45, 7) is 0. The summed E-state index contributed by atoms with van der Waals surface area (Å²) < 4.78 is 6.29. The van der Waals surface area contributed by atoms with Gasteiger partial charge in [0.05, 0.1) is 7.11 Å². The Morgan fingerprint density at radius 3 is 2.79 bits per heavy atom. The van der Waals surface area contributed by atoms with E-state index in [0.717, 1.165) is 5.56 Å². The van der Waals surface area contributed by atoms with Gasteiger partial charge in [0.15, 0.2) is 11.5 Å². The molecule has 0 aliphatic rings. The second kappa shape index (κ2) is 4.49. The highest BCUT2D eigenvalue weighted by Gasteiger charge is 2.14. The number of methoxy groups -OCH3 is 1. The minimum absolute atomic E-state index is 0.387. The highest BCUT2D eigenvalue weighted by atomic mass is 16.5. The molecule has 0 radical (unpaired) electrons.